The second-order valence-corrected chi connectivity index (χ2v) is 4.78. The van der Waals surface area contributed by atoms with Crippen LogP contribution in [0.5, 0.6) is 5.75 Å². The van der Waals surface area contributed by atoms with Gasteiger partial charge in [-0.15, -0.1) is 11.8 Å². The first-order valence-electron chi connectivity index (χ1n) is 5.73. The summed E-state index contributed by atoms with van der Waals surface area (Å²) in [5.74, 6) is 1.50. The summed E-state index contributed by atoms with van der Waals surface area (Å²) in [6.45, 7) is 7.12. The molecule has 1 aromatic carbocycles. The van der Waals surface area contributed by atoms with Gasteiger partial charge in [0, 0.05) is 17.4 Å². The van der Waals surface area contributed by atoms with Gasteiger partial charge in [0.1, 0.15) is 5.75 Å². The van der Waals surface area contributed by atoms with Gasteiger partial charge in [-0.1, -0.05) is 13.8 Å². The largest absolute Gasteiger partial charge is 0.493 e. The Kier molecular flexibility index (Phi) is 6.34. The minimum absolute atomic E-state index is 0.542. The molecule has 1 rings (SSSR count). The minimum Gasteiger partial charge on any atom is -0.493 e. The lowest BCUT2D eigenvalue weighted by Crippen LogP contribution is -2.24. The molecule has 0 fully saturated rings. The zero-order valence-electron chi connectivity index (χ0n) is 10.3. The molecule has 0 radical (unpaired) electrons. The van der Waals surface area contributed by atoms with Crippen LogP contribution in [0.15, 0.2) is 29.2 Å². The number of rotatable bonds is 7. The zero-order valence-corrected chi connectivity index (χ0v) is 11.1. The topological polar surface area (TPSA) is 21.3 Å². The van der Waals surface area contributed by atoms with Crippen molar-refractivity contribution in [3.63, 3.8) is 0 Å². The van der Waals surface area contributed by atoms with Crippen LogP contribution in [-0.4, -0.2) is 26.0 Å². The molecule has 90 valence electrons. The average Bonchev–Trinajstić information content (AvgIpc) is 2.34. The van der Waals surface area contributed by atoms with Gasteiger partial charge in [0.15, 0.2) is 0 Å². The van der Waals surface area contributed by atoms with Gasteiger partial charge < -0.3 is 10.1 Å². The monoisotopic (exact) mass is 239 g/mol. The van der Waals surface area contributed by atoms with Crippen molar-refractivity contribution in [1.29, 1.82) is 0 Å². The van der Waals surface area contributed by atoms with Crippen LogP contribution in [0.4, 0.5) is 0 Å². The van der Waals surface area contributed by atoms with Crippen LogP contribution in [0.3, 0.4) is 0 Å². The number of hydrogen-bond acceptors (Lipinski definition) is 3. The summed E-state index contributed by atoms with van der Waals surface area (Å²) in [7, 11) is 0. The molecule has 0 saturated heterocycles. The van der Waals surface area contributed by atoms with Crippen LogP contribution in [0, 0.1) is 5.92 Å². The second-order valence-electron chi connectivity index (χ2n) is 3.90. The fourth-order valence-corrected chi connectivity index (χ4v) is 1.77. The lowest BCUT2D eigenvalue weighted by atomic mass is 10.2. The molecule has 2 nitrogen and oxygen atoms in total. The summed E-state index contributed by atoms with van der Waals surface area (Å²) in [5, 5.41) is 3.32. The first-order chi connectivity index (χ1) is 7.76. The number of hydrogen-bond donors (Lipinski definition) is 1. The van der Waals surface area contributed by atoms with E-state index in [-0.39, 0.29) is 0 Å². The van der Waals surface area contributed by atoms with Crippen LogP contribution >= 0.6 is 11.8 Å². The molecule has 1 aromatic rings. The van der Waals surface area contributed by atoms with E-state index < -0.39 is 0 Å². The van der Waals surface area contributed by atoms with Crippen LogP contribution in [0.1, 0.15) is 13.8 Å². The van der Waals surface area contributed by atoms with Crippen molar-refractivity contribution >= 4 is 11.8 Å². The maximum absolute atomic E-state index is 5.72. The van der Waals surface area contributed by atoms with E-state index in [0.717, 1.165) is 25.4 Å². The van der Waals surface area contributed by atoms with E-state index in [1.54, 1.807) is 11.8 Å². The number of ether oxygens (including phenoxy) is 1. The quantitative estimate of drug-likeness (QED) is 0.739. The molecule has 0 amide bonds. The lowest BCUT2D eigenvalue weighted by molar-refractivity contribution is 0.256. The van der Waals surface area contributed by atoms with Gasteiger partial charge in [-0.05, 0) is 37.1 Å². The Hall–Kier alpha value is -0.670. The molecule has 0 aliphatic carbocycles. The SMILES string of the molecule is CCNCC(C)COc1ccc(SC)cc1. The Bertz CT molecular complexity index is 286. The van der Waals surface area contributed by atoms with E-state index in [9.17, 15) is 0 Å². The van der Waals surface area contributed by atoms with Crippen molar-refractivity contribution in [2.45, 2.75) is 18.7 Å². The molecule has 1 unspecified atom stereocenters. The molecular weight excluding hydrogens is 218 g/mol. The third-order valence-electron chi connectivity index (χ3n) is 2.34. The van der Waals surface area contributed by atoms with Gasteiger partial charge in [0.05, 0.1) is 6.61 Å². The average molecular weight is 239 g/mol. The molecule has 0 bridgehead atoms. The smallest absolute Gasteiger partial charge is 0.119 e. The highest BCUT2D eigenvalue weighted by Crippen LogP contribution is 2.19. The Morgan fingerprint density at radius 3 is 2.56 bits per heavy atom. The molecule has 0 aliphatic heterocycles. The molecule has 0 aromatic heterocycles. The van der Waals surface area contributed by atoms with E-state index in [1.165, 1.54) is 4.90 Å². The second kappa shape index (κ2) is 7.58. The third-order valence-corrected chi connectivity index (χ3v) is 3.08. The molecule has 1 N–H and O–H groups in total. The van der Waals surface area contributed by atoms with Crippen molar-refractivity contribution < 1.29 is 4.74 Å². The first-order valence-corrected chi connectivity index (χ1v) is 6.96. The van der Waals surface area contributed by atoms with Gasteiger partial charge in [-0.25, -0.2) is 0 Å². The van der Waals surface area contributed by atoms with Crippen molar-refractivity contribution in [1.82, 2.24) is 5.32 Å². The Morgan fingerprint density at radius 1 is 1.31 bits per heavy atom. The zero-order chi connectivity index (χ0) is 11.8. The maximum Gasteiger partial charge on any atom is 0.119 e. The van der Waals surface area contributed by atoms with Gasteiger partial charge in [0.2, 0.25) is 0 Å². The highest BCUT2D eigenvalue weighted by molar-refractivity contribution is 7.98. The van der Waals surface area contributed by atoms with Crippen LogP contribution in [-0.2, 0) is 0 Å². The standard InChI is InChI=1S/C13H21NOS/c1-4-14-9-11(2)10-15-12-5-7-13(16-3)8-6-12/h5-8,11,14H,4,9-10H2,1-3H3. The molecule has 0 spiro atoms. The van der Waals surface area contributed by atoms with Crippen molar-refractivity contribution in [2.24, 2.45) is 5.92 Å². The predicted octanol–water partition coefficient (Wildman–Crippen LogP) is 3.03. The fraction of sp³-hybridized carbons (Fsp3) is 0.538. The number of nitrogens with one attached hydrogen (secondary N) is 1. The van der Waals surface area contributed by atoms with Gasteiger partial charge in [0.25, 0.3) is 0 Å². The normalized spacial score (nSPS) is 12.4. The molecule has 0 aliphatic rings. The third kappa shape index (κ3) is 4.90. The highest BCUT2D eigenvalue weighted by Gasteiger charge is 2.02. The van der Waals surface area contributed by atoms with Gasteiger partial charge >= 0.3 is 0 Å². The Labute approximate surface area is 103 Å². The van der Waals surface area contributed by atoms with E-state index in [0.29, 0.717) is 5.92 Å². The summed E-state index contributed by atoms with van der Waals surface area (Å²) >= 11 is 1.75. The molecule has 16 heavy (non-hydrogen) atoms. The summed E-state index contributed by atoms with van der Waals surface area (Å²) < 4.78 is 5.72. The summed E-state index contributed by atoms with van der Waals surface area (Å²) in [6, 6.07) is 8.25. The van der Waals surface area contributed by atoms with E-state index >= 15 is 0 Å². The molecular formula is C13H21NOS. The molecule has 0 heterocycles. The van der Waals surface area contributed by atoms with E-state index in [4.69, 9.17) is 4.74 Å². The fourth-order valence-electron chi connectivity index (χ4n) is 1.36. The lowest BCUT2D eigenvalue weighted by Gasteiger charge is -2.13. The summed E-state index contributed by atoms with van der Waals surface area (Å²) in [4.78, 5) is 1.27. The van der Waals surface area contributed by atoms with Crippen molar-refractivity contribution in [3.05, 3.63) is 24.3 Å². The van der Waals surface area contributed by atoms with Crippen LogP contribution < -0.4 is 10.1 Å². The van der Waals surface area contributed by atoms with Gasteiger partial charge in [-0.2, -0.15) is 0 Å². The summed E-state index contributed by atoms with van der Waals surface area (Å²) in [5.41, 5.74) is 0. The summed E-state index contributed by atoms with van der Waals surface area (Å²) in [6.07, 6.45) is 2.08. The number of benzene rings is 1. The van der Waals surface area contributed by atoms with Crippen molar-refractivity contribution in [3.8, 4) is 5.75 Å². The number of thioether (sulfide) groups is 1. The first kappa shape index (κ1) is 13.4. The Balaban J connectivity index is 2.30. The van der Waals surface area contributed by atoms with Crippen LogP contribution in [0.2, 0.25) is 0 Å². The molecule has 3 heteroatoms. The maximum atomic E-state index is 5.72. The van der Waals surface area contributed by atoms with Crippen molar-refractivity contribution in [2.75, 3.05) is 26.0 Å². The van der Waals surface area contributed by atoms with Gasteiger partial charge in [-0.3, -0.25) is 0 Å². The predicted molar refractivity (Wildman–Crippen MR) is 71.4 cm³/mol. The van der Waals surface area contributed by atoms with E-state index in [1.807, 2.05) is 12.1 Å². The Morgan fingerprint density at radius 2 is 2.00 bits per heavy atom. The van der Waals surface area contributed by atoms with E-state index in [2.05, 4.69) is 37.6 Å². The minimum atomic E-state index is 0.542. The molecule has 1 atom stereocenters. The van der Waals surface area contributed by atoms with Crippen LogP contribution in [0.25, 0.3) is 0 Å². The molecule has 0 saturated carbocycles. The highest BCUT2D eigenvalue weighted by atomic mass is 32.2.